The molecule has 1 heterocycles. The van der Waals surface area contributed by atoms with Crippen LogP contribution in [0.1, 0.15) is 6.92 Å². The first-order valence-electron chi connectivity index (χ1n) is 5.60. The van der Waals surface area contributed by atoms with Gasteiger partial charge >= 0.3 is 0 Å². The molecule has 0 aliphatic rings. The number of ether oxygens (including phenoxy) is 1. The zero-order chi connectivity index (χ0) is 14.7. The average Bonchev–Trinajstić information content (AvgIpc) is 2.40. The first-order chi connectivity index (χ1) is 9.51. The third kappa shape index (κ3) is 3.34. The van der Waals surface area contributed by atoms with Gasteiger partial charge in [0, 0.05) is 12.6 Å². The molecule has 4 nitrogen and oxygen atoms in total. The van der Waals surface area contributed by atoms with Crippen molar-refractivity contribution in [3.8, 4) is 11.6 Å². The second-order valence-corrected chi connectivity index (χ2v) is 4.94. The van der Waals surface area contributed by atoms with E-state index in [1.54, 1.807) is 0 Å². The van der Waals surface area contributed by atoms with E-state index in [1.165, 1.54) is 6.07 Å². The fraction of sp³-hybridized carbons (Fsp3) is 0.167. The van der Waals surface area contributed by atoms with Crippen molar-refractivity contribution in [3.63, 3.8) is 0 Å². The summed E-state index contributed by atoms with van der Waals surface area (Å²) in [5.41, 5.74) is 0. The first-order valence-corrected chi connectivity index (χ1v) is 6.77. The van der Waals surface area contributed by atoms with Crippen LogP contribution in [0.5, 0.6) is 11.6 Å². The molecule has 2 aromatic rings. The monoisotopic (exact) mass is 363 g/mol. The molecule has 1 aromatic heterocycles. The zero-order valence-corrected chi connectivity index (χ0v) is 12.6. The largest absolute Gasteiger partial charge is 0.435 e. The van der Waals surface area contributed by atoms with Gasteiger partial charge in [0.2, 0.25) is 11.8 Å². The van der Waals surface area contributed by atoms with Gasteiger partial charge in [-0.15, -0.1) is 0 Å². The molecule has 2 rings (SSSR count). The first kappa shape index (κ1) is 14.9. The second-order valence-electron chi connectivity index (χ2n) is 3.68. The predicted octanol–water partition coefficient (Wildman–Crippen LogP) is 4.39. The molecule has 0 saturated heterocycles. The summed E-state index contributed by atoms with van der Waals surface area (Å²) in [5.74, 6) is -1.46. The van der Waals surface area contributed by atoms with Crippen LogP contribution in [0.25, 0.3) is 0 Å². The highest BCUT2D eigenvalue weighted by Crippen LogP contribution is 2.34. The summed E-state index contributed by atoms with van der Waals surface area (Å²) in [4.78, 5) is 7.60. The van der Waals surface area contributed by atoms with Crippen molar-refractivity contribution in [1.29, 1.82) is 0 Å². The zero-order valence-electron chi connectivity index (χ0n) is 10.3. The Kier molecular flexibility index (Phi) is 4.72. The van der Waals surface area contributed by atoms with Crippen LogP contribution in [0.2, 0.25) is 5.02 Å². The molecule has 0 amide bonds. The lowest BCUT2D eigenvalue weighted by atomic mass is 10.3. The Morgan fingerprint density at radius 1 is 1.35 bits per heavy atom. The summed E-state index contributed by atoms with van der Waals surface area (Å²) in [6, 6.07) is 2.36. The van der Waals surface area contributed by atoms with E-state index < -0.39 is 11.6 Å². The Bertz CT molecular complexity index is 642. The summed E-state index contributed by atoms with van der Waals surface area (Å²) in [5, 5.41) is 2.75. The van der Waals surface area contributed by atoms with Gasteiger partial charge in [-0.2, -0.15) is 9.37 Å². The van der Waals surface area contributed by atoms with Crippen molar-refractivity contribution in [3.05, 3.63) is 39.5 Å². The molecule has 106 valence electrons. The van der Waals surface area contributed by atoms with Crippen LogP contribution in [0.3, 0.4) is 0 Å². The van der Waals surface area contributed by atoms with Crippen molar-refractivity contribution in [2.24, 2.45) is 0 Å². The second kappa shape index (κ2) is 6.32. The maximum atomic E-state index is 13.6. The van der Waals surface area contributed by atoms with E-state index in [0.717, 1.165) is 12.3 Å². The van der Waals surface area contributed by atoms with Crippen LogP contribution >= 0.6 is 27.5 Å². The van der Waals surface area contributed by atoms with Crippen LogP contribution in [0.15, 0.2) is 22.8 Å². The molecule has 0 atom stereocenters. The highest BCUT2D eigenvalue weighted by Gasteiger charge is 2.13. The molecule has 0 fully saturated rings. The van der Waals surface area contributed by atoms with E-state index in [1.807, 2.05) is 6.92 Å². The fourth-order valence-electron chi connectivity index (χ4n) is 1.35. The van der Waals surface area contributed by atoms with Crippen molar-refractivity contribution in [2.45, 2.75) is 6.92 Å². The van der Waals surface area contributed by atoms with Crippen LogP contribution in [0, 0.1) is 11.6 Å². The summed E-state index contributed by atoms with van der Waals surface area (Å²) in [7, 11) is 0. The standard InChI is InChI=1S/C12H9BrClF2N3O/c1-2-17-12-18-5-9(16)11(19-12)20-10-4-8(15)7(14)3-6(10)13/h3-5H,2H2,1H3,(H,17,18,19). The lowest BCUT2D eigenvalue weighted by Crippen LogP contribution is -2.04. The van der Waals surface area contributed by atoms with Gasteiger partial charge in [0.1, 0.15) is 11.6 Å². The van der Waals surface area contributed by atoms with E-state index in [0.29, 0.717) is 11.0 Å². The lowest BCUT2D eigenvalue weighted by molar-refractivity contribution is 0.415. The molecule has 0 aliphatic heterocycles. The third-order valence-electron chi connectivity index (χ3n) is 2.23. The molecule has 0 saturated carbocycles. The minimum atomic E-state index is -0.756. The molecule has 0 radical (unpaired) electrons. The highest BCUT2D eigenvalue weighted by molar-refractivity contribution is 9.10. The molecular weight excluding hydrogens is 356 g/mol. The number of hydrogen-bond donors (Lipinski definition) is 1. The normalized spacial score (nSPS) is 10.4. The third-order valence-corrected chi connectivity index (χ3v) is 3.14. The SMILES string of the molecule is CCNc1ncc(F)c(Oc2cc(F)c(Cl)cc2Br)n1. The van der Waals surface area contributed by atoms with Gasteiger partial charge in [-0.25, -0.2) is 9.37 Å². The van der Waals surface area contributed by atoms with Gasteiger partial charge in [0.25, 0.3) is 5.88 Å². The minimum Gasteiger partial charge on any atom is -0.435 e. The summed E-state index contributed by atoms with van der Waals surface area (Å²) in [6.07, 6.45) is 0.973. The maximum absolute atomic E-state index is 13.6. The number of hydrogen-bond acceptors (Lipinski definition) is 4. The molecule has 1 N–H and O–H groups in total. The number of benzene rings is 1. The number of halogens is 4. The van der Waals surface area contributed by atoms with Gasteiger partial charge in [-0.1, -0.05) is 11.6 Å². The fourth-order valence-corrected chi connectivity index (χ4v) is 2.07. The quantitative estimate of drug-likeness (QED) is 0.817. The molecule has 1 aromatic carbocycles. The van der Waals surface area contributed by atoms with Crippen LogP contribution in [-0.4, -0.2) is 16.5 Å². The van der Waals surface area contributed by atoms with Gasteiger partial charge in [-0.3, -0.25) is 0 Å². The molecule has 0 aliphatic carbocycles. The van der Waals surface area contributed by atoms with Gasteiger partial charge in [-0.05, 0) is 28.9 Å². The maximum Gasteiger partial charge on any atom is 0.260 e. The highest BCUT2D eigenvalue weighted by atomic mass is 79.9. The predicted molar refractivity (Wildman–Crippen MR) is 75.3 cm³/mol. The van der Waals surface area contributed by atoms with Gasteiger partial charge in [0.15, 0.2) is 0 Å². The van der Waals surface area contributed by atoms with Crippen molar-refractivity contribution in [2.75, 3.05) is 11.9 Å². The average molecular weight is 365 g/mol. The summed E-state index contributed by atoms with van der Waals surface area (Å²) in [6.45, 7) is 2.42. The Morgan fingerprint density at radius 3 is 2.80 bits per heavy atom. The molecule has 8 heteroatoms. The van der Waals surface area contributed by atoms with Crippen LogP contribution in [0.4, 0.5) is 14.7 Å². The van der Waals surface area contributed by atoms with Crippen LogP contribution in [-0.2, 0) is 0 Å². The molecular formula is C12H9BrClF2N3O. The summed E-state index contributed by atoms with van der Waals surface area (Å²) >= 11 is 8.77. The molecule has 0 bridgehead atoms. The topological polar surface area (TPSA) is 47.0 Å². The number of anilines is 1. The van der Waals surface area contributed by atoms with Gasteiger partial charge in [0.05, 0.1) is 15.7 Å². The Hall–Kier alpha value is -1.47. The van der Waals surface area contributed by atoms with Gasteiger partial charge < -0.3 is 10.1 Å². The Balaban J connectivity index is 2.34. The van der Waals surface area contributed by atoms with Crippen LogP contribution < -0.4 is 10.1 Å². The smallest absolute Gasteiger partial charge is 0.260 e. The number of nitrogens with one attached hydrogen (secondary N) is 1. The Morgan fingerprint density at radius 2 is 2.10 bits per heavy atom. The number of nitrogens with zero attached hydrogens (tertiary/aromatic N) is 2. The van der Waals surface area contributed by atoms with E-state index in [-0.39, 0.29) is 22.6 Å². The molecule has 20 heavy (non-hydrogen) atoms. The molecule has 0 spiro atoms. The van der Waals surface area contributed by atoms with E-state index >= 15 is 0 Å². The Labute approximate surface area is 127 Å². The van der Waals surface area contributed by atoms with Crippen molar-refractivity contribution in [1.82, 2.24) is 9.97 Å². The van der Waals surface area contributed by atoms with E-state index in [4.69, 9.17) is 16.3 Å². The van der Waals surface area contributed by atoms with E-state index in [2.05, 4.69) is 31.2 Å². The van der Waals surface area contributed by atoms with Crippen molar-refractivity contribution < 1.29 is 13.5 Å². The van der Waals surface area contributed by atoms with E-state index in [9.17, 15) is 8.78 Å². The van der Waals surface area contributed by atoms with Crippen molar-refractivity contribution >= 4 is 33.5 Å². The number of rotatable bonds is 4. The molecule has 0 unspecified atom stereocenters. The number of aromatic nitrogens is 2. The summed E-state index contributed by atoms with van der Waals surface area (Å²) < 4.78 is 32.6. The lowest BCUT2D eigenvalue weighted by Gasteiger charge is -2.09. The minimum absolute atomic E-state index is 0.0620.